The Morgan fingerprint density at radius 1 is 1.23 bits per heavy atom. The Kier molecular flexibility index (Phi) is 4.65. The summed E-state index contributed by atoms with van der Waals surface area (Å²) in [5, 5.41) is 0. The van der Waals surface area contributed by atoms with Crippen molar-refractivity contribution in [1.29, 1.82) is 0 Å². The van der Waals surface area contributed by atoms with Crippen LogP contribution in [0, 0.1) is 13.8 Å². The molecule has 0 atom stereocenters. The van der Waals surface area contributed by atoms with Gasteiger partial charge in [-0.15, -0.1) is 0 Å². The molecule has 0 unspecified atom stereocenters. The summed E-state index contributed by atoms with van der Waals surface area (Å²) in [7, 11) is 3.39. The van der Waals surface area contributed by atoms with Crippen molar-refractivity contribution in [1.82, 2.24) is 9.88 Å². The lowest BCUT2D eigenvalue weighted by Gasteiger charge is -2.19. The lowest BCUT2D eigenvalue weighted by Crippen LogP contribution is -2.27. The molecule has 5 heteroatoms. The average molecular weight is 300 g/mol. The van der Waals surface area contributed by atoms with Crippen LogP contribution < -0.4 is 10.3 Å². The summed E-state index contributed by atoms with van der Waals surface area (Å²) in [6.07, 6.45) is 1.44. The minimum Gasteiger partial charge on any atom is -0.496 e. The number of carbonyl (C=O) groups is 1. The highest BCUT2D eigenvalue weighted by Crippen LogP contribution is 2.24. The Labute approximate surface area is 129 Å². The third-order valence-electron chi connectivity index (χ3n) is 3.52. The van der Waals surface area contributed by atoms with Crippen LogP contribution in [0.3, 0.4) is 0 Å². The summed E-state index contributed by atoms with van der Waals surface area (Å²) in [5.74, 6) is 0.737. The highest BCUT2D eigenvalue weighted by molar-refractivity contribution is 5.93. The second kappa shape index (κ2) is 6.47. The van der Waals surface area contributed by atoms with E-state index in [0.29, 0.717) is 12.1 Å². The number of rotatable bonds is 4. The molecule has 2 rings (SSSR count). The molecule has 1 N–H and O–H groups in total. The first-order valence-corrected chi connectivity index (χ1v) is 7.00. The summed E-state index contributed by atoms with van der Waals surface area (Å²) >= 11 is 0. The lowest BCUT2D eigenvalue weighted by molar-refractivity contribution is 0.0784. The topological polar surface area (TPSA) is 62.4 Å². The molecule has 0 saturated carbocycles. The molecular weight excluding hydrogens is 280 g/mol. The molecule has 0 radical (unpaired) electrons. The van der Waals surface area contributed by atoms with E-state index >= 15 is 0 Å². The Balaban J connectivity index is 2.18. The first-order valence-electron chi connectivity index (χ1n) is 7.00. The van der Waals surface area contributed by atoms with Gasteiger partial charge >= 0.3 is 0 Å². The van der Waals surface area contributed by atoms with Crippen LogP contribution in [0.2, 0.25) is 0 Å². The van der Waals surface area contributed by atoms with Crippen molar-refractivity contribution in [3.05, 3.63) is 63.1 Å². The summed E-state index contributed by atoms with van der Waals surface area (Å²) in [6.45, 7) is 4.46. The summed E-state index contributed by atoms with van der Waals surface area (Å²) < 4.78 is 5.35. The van der Waals surface area contributed by atoms with Crippen molar-refractivity contribution in [2.75, 3.05) is 14.2 Å². The SMILES string of the molecule is COc1c(C)cc(CN(C)C(=O)c2ccc(=O)[nH]c2)cc1C. The van der Waals surface area contributed by atoms with Gasteiger partial charge in [-0.3, -0.25) is 9.59 Å². The maximum absolute atomic E-state index is 12.3. The molecule has 0 spiro atoms. The summed E-state index contributed by atoms with van der Waals surface area (Å²) in [4.78, 5) is 27.5. The fourth-order valence-corrected chi connectivity index (χ4v) is 2.56. The Bertz CT molecular complexity index is 706. The largest absolute Gasteiger partial charge is 0.496 e. The predicted octanol–water partition coefficient (Wildman–Crippen LogP) is 2.27. The van der Waals surface area contributed by atoms with Crippen LogP contribution in [0.25, 0.3) is 0 Å². The number of benzene rings is 1. The number of aromatic nitrogens is 1. The number of aryl methyl sites for hydroxylation is 2. The van der Waals surface area contributed by atoms with Gasteiger partial charge in [0, 0.05) is 25.9 Å². The second-order valence-electron chi connectivity index (χ2n) is 5.37. The molecule has 0 bridgehead atoms. The predicted molar refractivity (Wildman–Crippen MR) is 85.3 cm³/mol. The van der Waals surface area contributed by atoms with Gasteiger partial charge < -0.3 is 14.6 Å². The van der Waals surface area contributed by atoms with E-state index in [2.05, 4.69) is 4.98 Å². The third kappa shape index (κ3) is 3.36. The van der Waals surface area contributed by atoms with Gasteiger partial charge in [0.25, 0.3) is 5.91 Å². The van der Waals surface area contributed by atoms with Crippen LogP contribution in [0.5, 0.6) is 5.75 Å². The zero-order valence-electron chi connectivity index (χ0n) is 13.3. The van der Waals surface area contributed by atoms with Gasteiger partial charge in [-0.2, -0.15) is 0 Å². The molecule has 0 aliphatic carbocycles. The van der Waals surface area contributed by atoms with E-state index in [4.69, 9.17) is 4.74 Å². The van der Waals surface area contributed by atoms with Crippen LogP contribution in [-0.4, -0.2) is 29.9 Å². The van der Waals surface area contributed by atoms with E-state index in [1.807, 2.05) is 26.0 Å². The Hall–Kier alpha value is -2.56. The molecule has 2 aromatic rings. The van der Waals surface area contributed by atoms with Crippen molar-refractivity contribution in [2.45, 2.75) is 20.4 Å². The number of amides is 1. The quantitative estimate of drug-likeness (QED) is 0.942. The molecule has 1 aromatic heterocycles. The van der Waals surface area contributed by atoms with Gasteiger partial charge in [-0.05, 0) is 36.6 Å². The normalized spacial score (nSPS) is 10.4. The standard InChI is InChI=1S/C17H20N2O3/c1-11-7-13(8-12(2)16(11)22-4)10-19(3)17(21)14-5-6-15(20)18-9-14/h5-9H,10H2,1-4H3,(H,18,20). The summed E-state index contributed by atoms with van der Waals surface area (Å²) in [5.41, 5.74) is 3.37. The number of ether oxygens (including phenoxy) is 1. The number of hydrogen-bond acceptors (Lipinski definition) is 3. The van der Waals surface area contributed by atoms with Crippen molar-refractivity contribution in [2.24, 2.45) is 0 Å². The van der Waals surface area contributed by atoms with Gasteiger partial charge in [0.05, 0.1) is 12.7 Å². The minimum absolute atomic E-state index is 0.137. The molecule has 5 nitrogen and oxygen atoms in total. The van der Waals surface area contributed by atoms with Crippen LogP contribution in [-0.2, 0) is 6.54 Å². The fourth-order valence-electron chi connectivity index (χ4n) is 2.56. The van der Waals surface area contributed by atoms with Crippen LogP contribution in [0.15, 0.2) is 35.3 Å². The number of hydrogen-bond donors (Lipinski definition) is 1. The number of H-pyrrole nitrogens is 1. The maximum Gasteiger partial charge on any atom is 0.255 e. The number of methoxy groups -OCH3 is 1. The summed E-state index contributed by atoms with van der Waals surface area (Å²) in [6, 6.07) is 6.91. The van der Waals surface area contributed by atoms with Crippen molar-refractivity contribution in [3.8, 4) is 5.75 Å². The van der Waals surface area contributed by atoms with E-state index < -0.39 is 0 Å². The minimum atomic E-state index is -0.222. The zero-order valence-corrected chi connectivity index (χ0v) is 13.3. The zero-order chi connectivity index (χ0) is 16.3. The highest BCUT2D eigenvalue weighted by Gasteiger charge is 2.13. The first kappa shape index (κ1) is 15.8. The van der Waals surface area contributed by atoms with E-state index in [-0.39, 0.29) is 11.5 Å². The maximum atomic E-state index is 12.3. The third-order valence-corrected chi connectivity index (χ3v) is 3.52. The average Bonchev–Trinajstić information content (AvgIpc) is 2.47. The second-order valence-corrected chi connectivity index (χ2v) is 5.37. The molecule has 0 fully saturated rings. The molecule has 1 heterocycles. The van der Waals surface area contributed by atoms with E-state index in [1.165, 1.54) is 18.3 Å². The molecule has 1 amide bonds. The van der Waals surface area contributed by atoms with Gasteiger partial charge in [0.2, 0.25) is 5.56 Å². The molecule has 1 aromatic carbocycles. The van der Waals surface area contributed by atoms with Crippen molar-refractivity contribution >= 4 is 5.91 Å². The monoisotopic (exact) mass is 300 g/mol. The van der Waals surface area contributed by atoms with Gasteiger partial charge in [-0.1, -0.05) is 12.1 Å². The highest BCUT2D eigenvalue weighted by atomic mass is 16.5. The van der Waals surface area contributed by atoms with Gasteiger partial charge in [0.15, 0.2) is 0 Å². The molecule has 0 saturated heterocycles. The van der Waals surface area contributed by atoms with Gasteiger partial charge in [0.1, 0.15) is 5.75 Å². The smallest absolute Gasteiger partial charge is 0.255 e. The lowest BCUT2D eigenvalue weighted by atomic mass is 10.1. The Morgan fingerprint density at radius 2 is 1.86 bits per heavy atom. The number of nitrogens with one attached hydrogen (secondary N) is 1. The fraction of sp³-hybridized carbons (Fsp3) is 0.294. The number of aromatic amines is 1. The van der Waals surface area contributed by atoms with E-state index in [1.54, 1.807) is 19.1 Å². The number of pyridine rings is 1. The van der Waals surface area contributed by atoms with Gasteiger partial charge in [-0.25, -0.2) is 0 Å². The molecule has 22 heavy (non-hydrogen) atoms. The first-order chi connectivity index (χ1) is 10.4. The van der Waals surface area contributed by atoms with E-state index in [0.717, 1.165) is 22.4 Å². The Morgan fingerprint density at radius 3 is 2.36 bits per heavy atom. The van der Waals surface area contributed by atoms with Crippen LogP contribution in [0.4, 0.5) is 0 Å². The molecule has 0 aliphatic rings. The number of carbonyl (C=O) groups excluding carboxylic acids is 1. The number of nitrogens with zero attached hydrogens (tertiary/aromatic N) is 1. The molecule has 116 valence electrons. The van der Waals surface area contributed by atoms with Crippen LogP contribution in [0.1, 0.15) is 27.0 Å². The van der Waals surface area contributed by atoms with Crippen molar-refractivity contribution < 1.29 is 9.53 Å². The molecule has 0 aliphatic heterocycles. The van der Waals surface area contributed by atoms with E-state index in [9.17, 15) is 9.59 Å². The molecular formula is C17H20N2O3. The van der Waals surface area contributed by atoms with Crippen molar-refractivity contribution in [3.63, 3.8) is 0 Å². The van der Waals surface area contributed by atoms with Crippen LogP contribution >= 0.6 is 0 Å².